The van der Waals surface area contributed by atoms with Crippen molar-refractivity contribution in [2.75, 3.05) is 13.2 Å². The first-order chi connectivity index (χ1) is 29.5. The van der Waals surface area contributed by atoms with E-state index >= 15 is 0 Å². The minimum absolute atomic E-state index is 0.0892. The van der Waals surface area contributed by atoms with Crippen LogP contribution in [0.25, 0.3) is 0 Å². The highest BCUT2D eigenvalue weighted by Crippen LogP contribution is 2.14. The predicted octanol–water partition coefficient (Wildman–Crippen LogP) is 16.3. The second-order valence-electron chi connectivity index (χ2n) is 16.3. The molecule has 0 heterocycles. The van der Waals surface area contributed by atoms with Gasteiger partial charge in [0.25, 0.3) is 0 Å². The third kappa shape index (κ3) is 45.9. The lowest BCUT2D eigenvalue weighted by atomic mass is 10.1. The summed E-state index contributed by atoms with van der Waals surface area (Å²) in [6, 6.07) is 0. The lowest BCUT2D eigenvalue weighted by molar-refractivity contribution is -0.167. The summed E-state index contributed by atoms with van der Waals surface area (Å²) >= 11 is 0. The Labute approximate surface area is 370 Å². The van der Waals surface area contributed by atoms with Gasteiger partial charge in [-0.2, -0.15) is 0 Å². The van der Waals surface area contributed by atoms with E-state index in [1.54, 1.807) is 0 Å². The van der Waals surface area contributed by atoms with Crippen LogP contribution >= 0.6 is 0 Å². The van der Waals surface area contributed by atoms with Crippen molar-refractivity contribution >= 4 is 17.9 Å². The van der Waals surface area contributed by atoms with Gasteiger partial charge in [-0.1, -0.05) is 190 Å². The van der Waals surface area contributed by atoms with E-state index in [0.717, 1.165) is 116 Å². The fourth-order valence-corrected chi connectivity index (χ4v) is 6.63. The molecule has 60 heavy (non-hydrogen) atoms. The first kappa shape index (κ1) is 56.9. The molecule has 0 aromatic carbocycles. The second-order valence-corrected chi connectivity index (χ2v) is 16.3. The van der Waals surface area contributed by atoms with Crippen LogP contribution in [0.15, 0.2) is 72.9 Å². The van der Waals surface area contributed by atoms with E-state index in [0.29, 0.717) is 19.3 Å². The van der Waals surface area contributed by atoms with Gasteiger partial charge in [-0.3, -0.25) is 14.4 Å². The van der Waals surface area contributed by atoms with Crippen molar-refractivity contribution in [3.8, 4) is 0 Å². The van der Waals surface area contributed by atoms with Gasteiger partial charge in [-0.05, 0) is 96.3 Å². The molecule has 6 heteroatoms. The van der Waals surface area contributed by atoms with Gasteiger partial charge >= 0.3 is 17.9 Å². The Hall–Kier alpha value is -3.15. The molecule has 1 unspecified atom stereocenters. The number of hydrogen-bond acceptors (Lipinski definition) is 6. The monoisotopic (exact) mass is 837 g/mol. The molecule has 0 spiro atoms. The van der Waals surface area contributed by atoms with Crippen molar-refractivity contribution in [2.45, 2.75) is 239 Å². The number of ether oxygens (including phenoxy) is 3. The summed E-state index contributed by atoms with van der Waals surface area (Å²) in [6.07, 6.45) is 60.2. The summed E-state index contributed by atoms with van der Waals surface area (Å²) in [7, 11) is 0. The molecule has 0 saturated heterocycles. The molecule has 0 aliphatic carbocycles. The predicted molar refractivity (Wildman–Crippen MR) is 256 cm³/mol. The smallest absolute Gasteiger partial charge is 0.306 e. The maximum Gasteiger partial charge on any atom is 0.306 e. The first-order valence-corrected chi connectivity index (χ1v) is 24.9. The summed E-state index contributed by atoms with van der Waals surface area (Å²) in [5.41, 5.74) is 0. The number of carbonyl (C=O) groups excluding carboxylic acids is 3. The summed E-state index contributed by atoms with van der Waals surface area (Å²) in [5.74, 6) is -0.924. The van der Waals surface area contributed by atoms with Crippen LogP contribution in [-0.2, 0) is 28.6 Å². The molecule has 0 rings (SSSR count). The zero-order chi connectivity index (χ0) is 43.7. The molecule has 0 aromatic rings. The SMILES string of the molecule is CC/C=C\C/C=C\C/C=C\CCCCCCCCCC(=O)OCC(COC(=O)CCCCCCC/C=C\CCCC)OC(=O)CCCCCCC/C=C\C/C=C\CCCC. The number of allylic oxidation sites excluding steroid dienone is 12. The topological polar surface area (TPSA) is 78.9 Å². The largest absolute Gasteiger partial charge is 0.462 e. The van der Waals surface area contributed by atoms with Gasteiger partial charge in [0.1, 0.15) is 13.2 Å². The molecule has 0 amide bonds. The van der Waals surface area contributed by atoms with Gasteiger partial charge in [0.15, 0.2) is 6.10 Å². The van der Waals surface area contributed by atoms with E-state index in [4.69, 9.17) is 14.2 Å². The Morgan fingerprint density at radius 3 is 1.03 bits per heavy atom. The Bertz CT molecular complexity index is 1140. The summed E-state index contributed by atoms with van der Waals surface area (Å²) < 4.78 is 16.7. The highest BCUT2D eigenvalue weighted by molar-refractivity contribution is 5.71. The average Bonchev–Trinajstić information content (AvgIpc) is 3.24. The average molecular weight is 837 g/mol. The van der Waals surface area contributed by atoms with Gasteiger partial charge < -0.3 is 14.2 Å². The lowest BCUT2D eigenvalue weighted by Gasteiger charge is -2.18. The Morgan fingerprint density at radius 1 is 0.350 bits per heavy atom. The van der Waals surface area contributed by atoms with Crippen molar-refractivity contribution in [1.82, 2.24) is 0 Å². The highest BCUT2D eigenvalue weighted by Gasteiger charge is 2.19. The van der Waals surface area contributed by atoms with Gasteiger partial charge in [-0.15, -0.1) is 0 Å². The number of esters is 3. The van der Waals surface area contributed by atoms with Crippen LogP contribution < -0.4 is 0 Å². The molecular weight excluding hydrogens is 745 g/mol. The van der Waals surface area contributed by atoms with Crippen molar-refractivity contribution in [2.24, 2.45) is 0 Å². The molecule has 0 bridgehead atoms. The third-order valence-corrected chi connectivity index (χ3v) is 10.4. The zero-order valence-corrected chi connectivity index (χ0v) is 39.2. The molecule has 0 aliphatic heterocycles. The number of carbonyl (C=O) groups is 3. The molecule has 0 radical (unpaired) electrons. The van der Waals surface area contributed by atoms with E-state index in [9.17, 15) is 14.4 Å². The van der Waals surface area contributed by atoms with E-state index in [1.165, 1.54) is 77.0 Å². The molecule has 0 N–H and O–H groups in total. The quantitative estimate of drug-likeness (QED) is 0.0263. The first-order valence-electron chi connectivity index (χ1n) is 24.9. The summed E-state index contributed by atoms with van der Waals surface area (Å²) in [4.78, 5) is 37.9. The van der Waals surface area contributed by atoms with E-state index in [2.05, 4.69) is 93.7 Å². The maximum absolute atomic E-state index is 12.8. The van der Waals surface area contributed by atoms with Crippen molar-refractivity contribution in [1.29, 1.82) is 0 Å². The minimum atomic E-state index is -0.789. The van der Waals surface area contributed by atoms with Crippen LogP contribution in [0.4, 0.5) is 0 Å². The highest BCUT2D eigenvalue weighted by atomic mass is 16.6. The molecule has 344 valence electrons. The number of rotatable bonds is 44. The van der Waals surface area contributed by atoms with Crippen LogP contribution in [0, 0.1) is 0 Å². The van der Waals surface area contributed by atoms with Crippen LogP contribution in [0.3, 0.4) is 0 Å². The zero-order valence-electron chi connectivity index (χ0n) is 39.2. The van der Waals surface area contributed by atoms with Crippen LogP contribution in [0.1, 0.15) is 233 Å². The van der Waals surface area contributed by atoms with Crippen LogP contribution in [0.2, 0.25) is 0 Å². The van der Waals surface area contributed by atoms with E-state index in [1.807, 2.05) is 0 Å². The summed E-state index contributed by atoms with van der Waals surface area (Å²) in [6.45, 7) is 6.41. The Kier molecular flexibility index (Phi) is 46.0. The second kappa shape index (κ2) is 48.5. The Morgan fingerprint density at radius 2 is 0.650 bits per heavy atom. The van der Waals surface area contributed by atoms with Gasteiger partial charge in [0.2, 0.25) is 0 Å². The van der Waals surface area contributed by atoms with Gasteiger partial charge in [-0.25, -0.2) is 0 Å². The molecule has 6 nitrogen and oxygen atoms in total. The van der Waals surface area contributed by atoms with Crippen molar-refractivity contribution < 1.29 is 28.6 Å². The molecule has 0 aromatic heterocycles. The van der Waals surface area contributed by atoms with Gasteiger partial charge in [0, 0.05) is 19.3 Å². The molecular formula is C54H92O6. The molecule has 0 aliphatic rings. The molecule has 0 saturated carbocycles. The van der Waals surface area contributed by atoms with Crippen LogP contribution in [0.5, 0.6) is 0 Å². The van der Waals surface area contributed by atoms with Crippen LogP contribution in [-0.4, -0.2) is 37.2 Å². The minimum Gasteiger partial charge on any atom is -0.462 e. The standard InChI is InChI=1S/C54H92O6/c1-4-7-10-13-16-19-22-24-26-27-28-30-32-35-38-41-44-47-53(56)59-50-51(49-58-52(55)46-43-40-37-34-31-21-18-15-12-9-6-3)60-54(57)48-45-42-39-36-33-29-25-23-20-17-14-11-8-5-2/h7,10,14-19,23-26,51H,4-6,8-9,11-13,20-22,27-50H2,1-3H3/b10-7-,17-14-,18-15-,19-16-,25-23-,26-24-. The lowest BCUT2D eigenvalue weighted by Crippen LogP contribution is -2.30. The van der Waals surface area contributed by atoms with E-state index in [-0.39, 0.29) is 31.1 Å². The Balaban J connectivity index is 4.41. The van der Waals surface area contributed by atoms with E-state index < -0.39 is 6.10 Å². The number of hydrogen-bond donors (Lipinski definition) is 0. The third-order valence-electron chi connectivity index (χ3n) is 10.4. The van der Waals surface area contributed by atoms with Crippen molar-refractivity contribution in [3.05, 3.63) is 72.9 Å². The normalized spacial score (nSPS) is 12.7. The number of unbranched alkanes of at least 4 members (excludes halogenated alkanes) is 21. The molecule has 0 fully saturated rings. The fourth-order valence-electron chi connectivity index (χ4n) is 6.63. The molecule has 1 atom stereocenters. The van der Waals surface area contributed by atoms with Crippen molar-refractivity contribution in [3.63, 3.8) is 0 Å². The maximum atomic E-state index is 12.8. The van der Waals surface area contributed by atoms with Gasteiger partial charge in [0.05, 0.1) is 0 Å². The summed E-state index contributed by atoms with van der Waals surface area (Å²) in [5, 5.41) is 0. The fraction of sp³-hybridized carbons (Fsp3) is 0.722.